The Labute approximate surface area is 199 Å². The van der Waals surface area contributed by atoms with E-state index in [2.05, 4.69) is 15.1 Å². The smallest absolute Gasteiger partial charge is 0.278 e. The number of aliphatic hydroxyl groups excluding tert-OH is 1. The minimum atomic E-state index is -3.08. The second-order valence-electron chi connectivity index (χ2n) is 6.96. The van der Waals surface area contributed by atoms with Crippen molar-refractivity contribution in [1.82, 2.24) is 19.5 Å². The SMILES string of the molecule is CC(F)(F)c1cc(Cl)c2nc(-c3nc(-c4cc(Cl)c(OCC(O)C#N)cc4Cl)no3)cn2c1. The first-order valence-corrected chi connectivity index (χ1v) is 10.3. The summed E-state index contributed by atoms with van der Waals surface area (Å²) in [6, 6.07) is 5.58. The highest BCUT2D eigenvalue weighted by molar-refractivity contribution is 6.36. The standard InChI is InChI=1S/C20H12Cl3F2N5O3/c1-20(24,25)9-2-14(23)18-27-15(7-30(18)6-9)19-28-17(29-33-19)11-3-13(22)16(4-12(11)21)32-8-10(31)5-26/h2-4,6-7,10,31H,8H2,1H3. The normalized spacial score (nSPS) is 12.7. The Balaban J connectivity index is 1.66. The second kappa shape index (κ2) is 8.76. The van der Waals surface area contributed by atoms with Crippen LogP contribution in [0.4, 0.5) is 8.78 Å². The summed E-state index contributed by atoms with van der Waals surface area (Å²) in [6.07, 6.45) is 1.32. The van der Waals surface area contributed by atoms with Gasteiger partial charge in [-0.25, -0.2) is 13.8 Å². The molecule has 13 heteroatoms. The van der Waals surface area contributed by atoms with Crippen molar-refractivity contribution >= 4 is 40.4 Å². The number of hydrogen-bond donors (Lipinski definition) is 1. The van der Waals surface area contributed by atoms with Crippen LogP contribution in [0, 0.1) is 11.3 Å². The fourth-order valence-electron chi connectivity index (χ4n) is 2.85. The Morgan fingerprint density at radius 3 is 2.64 bits per heavy atom. The third-order valence-corrected chi connectivity index (χ3v) is 5.35. The van der Waals surface area contributed by atoms with Crippen LogP contribution in [-0.2, 0) is 5.92 Å². The van der Waals surface area contributed by atoms with Gasteiger partial charge in [0.15, 0.2) is 11.8 Å². The number of imidazole rings is 1. The summed E-state index contributed by atoms with van der Waals surface area (Å²) in [7, 11) is 0. The Morgan fingerprint density at radius 2 is 1.94 bits per heavy atom. The molecular weight excluding hydrogens is 503 g/mol. The predicted octanol–water partition coefficient (Wildman–Crippen LogP) is 5.39. The van der Waals surface area contributed by atoms with E-state index in [4.69, 9.17) is 49.3 Å². The molecular formula is C20H12Cl3F2N5O3. The van der Waals surface area contributed by atoms with Crippen LogP contribution in [0.5, 0.6) is 5.75 Å². The molecule has 1 unspecified atom stereocenters. The summed E-state index contributed by atoms with van der Waals surface area (Å²) in [6.45, 7) is 0.476. The van der Waals surface area contributed by atoms with Gasteiger partial charge in [-0.15, -0.1) is 0 Å². The molecule has 0 amide bonds. The van der Waals surface area contributed by atoms with Crippen molar-refractivity contribution in [2.75, 3.05) is 6.61 Å². The van der Waals surface area contributed by atoms with Crippen molar-refractivity contribution in [3.05, 3.63) is 51.2 Å². The van der Waals surface area contributed by atoms with Gasteiger partial charge in [0.2, 0.25) is 5.82 Å². The van der Waals surface area contributed by atoms with Crippen molar-refractivity contribution in [3.8, 4) is 34.8 Å². The van der Waals surface area contributed by atoms with Gasteiger partial charge in [-0.1, -0.05) is 40.0 Å². The highest BCUT2D eigenvalue weighted by Crippen LogP contribution is 2.37. The monoisotopic (exact) mass is 513 g/mol. The maximum atomic E-state index is 13.7. The van der Waals surface area contributed by atoms with Gasteiger partial charge in [-0.05, 0) is 12.1 Å². The number of halogens is 5. The van der Waals surface area contributed by atoms with Crippen molar-refractivity contribution in [3.63, 3.8) is 0 Å². The largest absolute Gasteiger partial charge is 0.488 e. The summed E-state index contributed by atoms with van der Waals surface area (Å²) in [5.41, 5.74) is 0.488. The van der Waals surface area contributed by atoms with E-state index in [1.165, 1.54) is 28.9 Å². The maximum Gasteiger partial charge on any atom is 0.278 e. The molecule has 1 aromatic carbocycles. The number of rotatable bonds is 6. The van der Waals surface area contributed by atoms with Gasteiger partial charge in [-0.2, -0.15) is 10.2 Å². The van der Waals surface area contributed by atoms with E-state index in [9.17, 15) is 13.9 Å². The first-order valence-electron chi connectivity index (χ1n) is 9.17. The molecule has 0 fully saturated rings. The number of pyridine rings is 1. The topological polar surface area (TPSA) is 109 Å². The van der Waals surface area contributed by atoms with E-state index in [0.717, 1.165) is 13.0 Å². The molecule has 0 saturated carbocycles. The van der Waals surface area contributed by atoms with E-state index in [-0.39, 0.29) is 56.0 Å². The fraction of sp³-hybridized carbons (Fsp3) is 0.200. The van der Waals surface area contributed by atoms with Crippen LogP contribution in [0.3, 0.4) is 0 Å². The quantitative estimate of drug-likeness (QED) is 0.344. The average Bonchev–Trinajstić information content (AvgIpc) is 3.40. The first-order chi connectivity index (χ1) is 15.6. The molecule has 0 radical (unpaired) electrons. The molecule has 0 saturated heterocycles. The van der Waals surface area contributed by atoms with Crippen LogP contribution < -0.4 is 4.74 Å². The molecule has 4 aromatic rings. The Kier molecular flexibility index (Phi) is 6.16. The van der Waals surface area contributed by atoms with Gasteiger partial charge in [0.1, 0.15) is 18.1 Å². The van der Waals surface area contributed by atoms with Gasteiger partial charge in [0, 0.05) is 36.5 Å². The van der Waals surface area contributed by atoms with E-state index >= 15 is 0 Å². The van der Waals surface area contributed by atoms with E-state index in [1.807, 2.05) is 0 Å². The van der Waals surface area contributed by atoms with Crippen molar-refractivity contribution in [2.24, 2.45) is 0 Å². The number of hydrogen-bond acceptors (Lipinski definition) is 7. The highest BCUT2D eigenvalue weighted by atomic mass is 35.5. The molecule has 0 aliphatic heterocycles. The zero-order chi connectivity index (χ0) is 23.9. The van der Waals surface area contributed by atoms with E-state index in [0.29, 0.717) is 5.56 Å². The van der Waals surface area contributed by atoms with Gasteiger partial charge in [0.05, 0.1) is 21.1 Å². The lowest BCUT2D eigenvalue weighted by Gasteiger charge is -2.11. The maximum absolute atomic E-state index is 13.7. The number of aromatic nitrogens is 4. The molecule has 4 rings (SSSR count). The summed E-state index contributed by atoms with van der Waals surface area (Å²) >= 11 is 18.6. The molecule has 33 heavy (non-hydrogen) atoms. The third-order valence-electron chi connectivity index (χ3n) is 4.47. The Bertz CT molecular complexity index is 1390. The molecule has 0 bridgehead atoms. The fourth-order valence-corrected chi connectivity index (χ4v) is 3.57. The van der Waals surface area contributed by atoms with Gasteiger partial charge in [-0.3, -0.25) is 0 Å². The molecule has 1 N–H and O–H groups in total. The zero-order valence-corrected chi connectivity index (χ0v) is 18.8. The number of aliphatic hydroxyl groups is 1. The Hall–Kier alpha value is -2.97. The van der Waals surface area contributed by atoms with Gasteiger partial charge < -0.3 is 18.8 Å². The molecule has 0 aliphatic carbocycles. The number of alkyl halides is 2. The minimum Gasteiger partial charge on any atom is -0.488 e. The molecule has 0 spiro atoms. The number of fused-ring (bicyclic) bond motifs is 1. The average molecular weight is 515 g/mol. The van der Waals surface area contributed by atoms with Crippen molar-refractivity contribution in [2.45, 2.75) is 19.0 Å². The first kappa shape index (κ1) is 23.2. The molecule has 170 valence electrons. The highest BCUT2D eigenvalue weighted by Gasteiger charge is 2.26. The van der Waals surface area contributed by atoms with Crippen LogP contribution >= 0.6 is 34.8 Å². The number of nitriles is 1. The lowest BCUT2D eigenvalue weighted by atomic mass is 10.2. The van der Waals surface area contributed by atoms with Gasteiger partial charge >= 0.3 is 0 Å². The second-order valence-corrected chi connectivity index (χ2v) is 8.19. The lowest BCUT2D eigenvalue weighted by molar-refractivity contribution is 0.0170. The van der Waals surface area contributed by atoms with E-state index < -0.39 is 12.0 Å². The molecule has 3 heterocycles. The molecule has 0 aliphatic rings. The number of nitrogens with zero attached hydrogens (tertiary/aromatic N) is 5. The number of benzene rings is 1. The third kappa shape index (κ3) is 4.72. The summed E-state index contributed by atoms with van der Waals surface area (Å²) < 4.78 is 39.3. The van der Waals surface area contributed by atoms with Crippen LogP contribution in [0.1, 0.15) is 12.5 Å². The van der Waals surface area contributed by atoms with Crippen LogP contribution in [0.25, 0.3) is 28.6 Å². The van der Waals surface area contributed by atoms with Crippen LogP contribution in [0.15, 0.2) is 35.1 Å². The minimum absolute atomic E-state index is 0.000710. The van der Waals surface area contributed by atoms with Crippen molar-refractivity contribution < 1.29 is 23.1 Å². The molecule has 8 nitrogen and oxygen atoms in total. The van der Waals surface area contributed by atoms with Gasteiger partial charge in [0.25, 0.3) is 11.8 Å². The van der Waals surface area contributed by atoms with Crippen molar-refractivity contribution in [1.29, 1.82) is 5.26 Å². The summed E-state index contributed by atoms with van der Waals surface area (Å²) in [5.74, 6) is -2.84. The zero-order valence-electron chi connectivity index (χ0n) is 16.6. The number of ether oxygens (including phenoxy) is 1. The summed E-state index contributed by atoms with van der Waals surface area (Å²) in [5, 5.41) is 22.1. The predicted molar refractivity (Wildman–Crippen MR) is 116 cm³/mol. The van der Waals surface area contributed by atoms with Crippen LogP contribution in [-0.4, -0.2) is 37.3 Å². The Morgan fingerprint density at radius 1 is 1.18 bits per heavy atom. The van der Waals surface area contributed by atoms with Crippen LogP contribution in [0.2, 0.25) is 15.1 Å². The van der Waals surface area contributed by atoms with E-state index in [1.54, 1.807) is 6.07 Å². The summed E-state index contributed by atoms with van der Waals surface area (Å²) in [4.78, 5) is 8.53. The lowest BCUT2D eigenvalue weighted by Crippen LogP contribution is -2.15. The molecule has 1 atom stereocenters. The molecule has 3 aromatic heterocycles.